The minimum absolute atomic E-state index is 0.390. The van der Waals surface area contributed by atoms with Gasteiger partial charge in [-0.25, -0.2) is 4.68 Å². The van der Waals surface area contributed by atoms with Crippen molar-refractivity contribution < 1.29 is 9.26 Å². The van der Waals surface area contributed by atoms with Gasteiger partial charge in [0.15, 0.2) is 5.69 Å². The van der Waals surface area contributed by atoms with Crippen LogP contribution in [-0.2, 0) is 6.54 Å². The van der Waals surface area contributed by atoms with Crippen LogP contribution in [0, 0.1) is 0 Å². The van der Waals surface area contributed by atoms with E-state index in [2.05, 4.69) is 20.5 Å². The van der Waals surface area contributed by atoms with Crippen molar-refractivity contribution in [1.29, 1.82) is 0 Å². The zero-order valence-electron chi connectivity index (χ0n) is 14.2. The van der Waals surface area contributed by atoms with Crippen LogP contribution in [0.1, 0.15) is 12.5 Å². The van der Waals surface area contributed by atoms with Gasteiger partial charge in [0.2, 0.25) is 5.82 Å². The third-order valence-electron chi connectivity index (χ3n) is 3.80. The lowest BCUT2D eigenvalue weighted by molar-refractivity contribution is 0.339. The Morgan fingerprint density at radius 2 is 1.85 bits per heavy atom. The van der Waals surface area contributed by atoms with Gasteiger partial charge < -0.3 is 9.26 Å². The molecule has 4 rings (SSSR count). The molecule has 0 spiro atoms. The first-order valence-electron chi connectivity index (χ1n) is 8.34. The Kier molecular flexibility index (Phi) is 4.42. The highest BCUT2D eigenvalue weighted by molar-refractivity contribution is 5.64. The number of para-hydroxylation sites is 1. The van der Waals surface area contributed by atoms with Gasteiger partial charge in [0.25, 0.3) is 5.89 Å². The van der Waals surface area contributed by atoms with Crippen LogP contribution in [0.3, 0.4) is 0 Å². The van der Waals surface area contributed by atoms with E-state index in [1.165, 1.54) is 0 Å². The van der Waals surface area contributed by atoms with Crippen LogP contribution in [0.2, 0.25) is 0 Å². The molecule has 2 heterocycles. The molecule has 0 radical (unpaired) electrons. The maximum Gasteiger partial charge on any atom is 0.262 e. The lowest BCUT2D eigenvalue weighted by Gasteiger charge is -2.05. The fraction of sp³-hybridized carbons (Fsp3) is 0.158. The van der Waals surface area contributed by atoms with Crippen LogP contribution < -0.4 is 4.74 Å². The highest BCUT2D eigenvalue weighted by atomic mass is 16.5. The molecule has 0 aliphatic carbocycles. The Morgan fingerprint density at radius 3 is 2.69 bits per heavy atom. The number of ether oxygens (including phenoxy) is 1. The van der Waals surface area contributed by atoms with E-state index >= 15 is 0 Å². The van der Waals surface area contributed by atoms with Crippen LogP contribution >= 0.6 is 0 Å². The summed E-state index contributed by atoms with van der Waals surface area (Å²) in [6.07, 6.45) is 1.80. The minimum Gasteiger partial charge on any atom is -0.493 e. The molecule has 2 aromatic heterocycles. The average molecular weight is 347 g/mol. The molecule has 130 valence electrons. The molecule has 0 amide bonds. The van der Waals surface area contributed by atoms with Crippen LogP contribution in [0.5, 0.6) is 5.75 Å². The van der Waals surface area contributed by atoms with Gasteiger partial charge in [-0.1, -0.05) is 52.8 Å². The number of nitrogens with zero attached hydrogens (tertiary/aromatic N) is 5. The van der Waals surface area contributed by atoms with Crippen molar-refractivity contribution in [3.05, 3.63) is 66.4 Å². The average Bonchev–Trinajstić information content (AvgIpc) is 3.33. The van der Waals surface area contributed by atoms with Crippen LogP contribution in [0.4, 0.5) is 0 Å². The molecule has 0 saturated heterocycles. The molecule has 0 atom stereocenters. The summed E-state index contributed by atoms with van der Waals surface area (Å²) in [5.74, 6) is 1.49. The standard InChI is InChI=1S/C19H17N5O2/c1-2-25-17-11-7-6-10-15(17)19-20-18(22-26-19)16-13-24(23-21-16)12-14-8-4-3-5-9-14/h3-11,13H,2,12H2,1H3. The van der Waals surface area contributed by atoms with Crippen molar-refractivity contribution in [3.63, 3.8) is 0 Å². The summed E-state index contributed by atoms with van der Waals surface area (Å²) >= 11 is 0. The van der Waals surface area contributed by atoms with Crippen molar-refractivity contribution in [1.82, 2.24) is 25.1 Å². The number of hydrogen-bond acceptors (Lipinski definition) is 6. The third-order valence-corrected chi connectivity index (χ3v) is 3.80. The summed E-state index contributed by atoms with van der Waals surface area (Å²) in [5.41, 5.74) is 2.46. The van der Waals surface area contributed by atoms with Gasteiger partial charge in [0.1, 0.15) is 5.75 Å². The minimum atomic E-state index is 0.390. The van der Waals surface area contributed by atoms with Crippen LogP contribution in [0.25, 0.3) is 23.0 Å². The summed E-state index contributed by atoms with van der Waals surface area (Å²) in [6, 6.07) is 17.6. The maximum absolute atomic E-state index is 5.62. The zero-order chi connectivity index (χ0) is 17.8. The lowest BCUT2D eigenvalue weighted by Crippen LogP contribution is -1.99. The van der Waals surface area contributed by atoms with Crippen molar-refractivity contribution in [2.75, 3.05) is 6.61 Å². The SMILES string of the molecule is CCOc1ccccc1-c1nc(-c2cn(Cc3ccccc3)nn2)no1. The molecule has 0 unspecified atom stereocenters. The number of rotatable bonds is 6. The Morgan fingerprint density at radius 1 is 1.04 bits per heavy atom. The molecule has 0 saturated carbocycles. The van der Waals surface area contributed by atoms with Gasteiger partial charge >= 0.3 is 0 Å². The van der Waals surface area contributed by atoms with E-state index in [0.717, 1.165) is 11.1 Å². The monoisotopic (exact) mass is 347 g/mol. The molecule has 2 aromatic carbocycles. The van der Waals surface area contributed by atoms with Crippen molar-refractivity contribution >= 4 is 0 Å². The van der Waals surface area contributed by atoms with Gasteiger partial charge in [-0.2, -0.15) is 4.98 Å². The summed E-state index contributed by atoms with van der Waals surface area (Å²) in [5, 5.41) is 12.3. The Balaban J connectivity index is 1.57. The van der Waals surface area contributed by atoms with E-state index in [0.29, 0.717) is 36.3 Å². The molecule has 4 aromatic rings. The molecular formula is C19H17N5O2. The fourth-order valence-electron chi connectivity index (χ4n) is 2.61. The van der Waals surface area contributed by atoms with Crippen molar-refractivity contribution in [2.24, 2.45) is 0 Å². The van der Waals surface area contributed by atoms with Gasteiger partial charge in [-0.3, -0.25) is 0 Å². The van der Waals surface area contributed by atoms with E-state index in [-0.39, 0.29) is 0 Å². The smallest absolute Gasteiger partial charge is 0.262 e. The highest BCUT2D eigenvalue weighted by Crippen LogP contribution is 2.29. The van der Waals surface area contributed by atoms with Gasteiger partial charge in [-0.15, -0.1) is 5.10 Å². The Hall–Kier alpha value is -3.48. The molecule has 0 aliphatic heterocycles. The predicted molar refractivity (Wildman–Crippen MR) is 95.5 cm³/mol. The normalized spacial score (nSPS) is 10.8. The van der Waals surface area contributed by atoms with Gasteiger partial charge in [-0.05, 0) is 24.6 Å². The Labute approximate surface area is 150 Å². The van der Waals surface area contributed by atoms with Crippen molar-refractivity contribution in [2.45, 2.75) is 13.5 Å². The van der Waals surface area contributed by atoms with Crippen molar-refractivity contribution in [3.8, 4) is 28.7 Å². The quantitative estimate of drug-likeness (QED) is 0.531. The lowest BCUT2D eigenvalue weighted by atomic mass is 10.2. The van der Waals surface area contributed by atoms with Gasteiger partial charge in [0.05, 0.1) is 24.9 Å². The second-order valence-electron chi connectivity index (χ2n) is 5.64. The second kappa shape index (κ2) is 7.18. The fourth-order valence-corrected chi connectivity index (χ4v) is 2.61. The Bertz CT molecular complexity index is 994. The third kappa shape index (κ3) is 3.32. The largest absolute Gasteiger partial charge is 0.493 e. The molecule has 0 N–H and O–H groups in total. The van der Waals surface area contributed by atoms with E-state index in [4.69, 9.17) is 9.26 Å². The first-order valence-corrected chi connectivity index (χ1v) is 8.34. The summed E-state index contributed by atoms with van der Waals surface area (Å²) in [7, 11) is 0. The molecule has 26 heavy (non-hydrogen) atoms. The van der Waals surface area contributed by atoms with E-state index < -0.39 is 0 Å². The number of aromatic nitrogens is 5. The first kappa shape index (κ1) is 16.0. The topological polar surface area (TPSA) is 78.9 Å². The maximum atomic E-state index is 5.62. The van der Waals surface area contributed by atoms with E-state index in [1.54, 1.807) is 10.9 Å². The number of benzene rings is 2. The van der Waals surface area contributed by atoms with E-state index in [9.17, 15) is 0 Å². The molecule has 7 heteroatoms. The summed E-state index contributed by atoms with van der Waals surface area (Å²) in [4.78, 5) is 4.44. The molecule has 7 nitrogen and oxygen atoms in total. The van der Waals surface area contributed by atoms with Crippen LogP contribution in [0.15, 0.2) is 65.3 Å². The molecule has 0 fully saturated rings. The van der Waals surface area contributed by atoms with Crippen LogP contribution in [-0.4, -0.2) is 31.7 Å². The summed E-state index contributed by atoms with van der Waals surface area (Å²) < 4.78 is 12.8. The zero-order valence-corrected chi connectivity index (χ0v) is 14.2. The summed E-state index contributed by atoms with van der Waals surface area (Å²) in [6.45, 7) is 3.12. The van der Waals surface area contributed by atoms with E-state index in [1.807, 2.05) is 61.5 Å². The highest BCUT2D eigenvalue weighted by Gasteiger charge is 2.16. The van der Waals surface area contributed by atoms with Gasteiger partial charge in [0, 0.05) is 0 Å². The molecular weight excluding hydrogens is 330 g/mol. The predicted octanol–water partition coefficient (Wildman–Crippen LogP) is 3.44. The molecule has 0 bridgehead atoms. The molecule has 0 aliphatic rings. The first-order chi connectivity index (χ1) is 12.8. The second-order valence-corrected chi connectivity index (χ2v) is 5.64. The number of hydrogen-bond donors (Lipinski definition) is 0.